The van der Waals surface area contributed by atoms with Crippen molar-refractivity contribution in [2.24, 2.45) is 0 Å². The second-order valence-corrected chi connectivity index (χ2v) is 4.98. The zero-order valence-corrected chi connectivity index (χ0v) is 12.9. The Labute approximate surface area is 121 Å². The van der Waals surface area contributed by atoms with E-state index in [9.17, 15) is 4.79 Å². The van der Waals surface area contributed by atoms with Crippen molar-refractivity contribution in [1.82, 2.24) is 20.0 Å². The summed E-state index contributed by atoms with van der Waals surface area (Å²) >= 11 is 0. The highest BCUT2D eigenvalue weighted by atomic mass is 16.5. The lowest BCUT2D eigenvalue weighted by atomic mass is 10.1. The number of esters is 1. The largest absolute Gasteiger partial charge is 0.465 e. The van der Waals surface area contributed by atoms with Crippen LogP contribution < -0.4 is 5.32 Å². The first-order valence-corrected chi connectivity index (χ1v) is 7.15. The minimum absolute atomic E-state index is 0.248. The molecule has 6 heteroatoms. The van der Waals surface area contributed by atoms with Crippen molar-refractivity contribution in [3.05, 3.63) is 18.0 Å². The first-order valence-electron chi connectivity index (χ1n) is 7.15. The van der Waals surface area contributed by atoms with Crippen LogP contribution in [-0.4, -0.2) is 54.4 Å². The molecule has 0 aliphatic carbocycles. The molecule has 1 aromatic heterocycles. The van der Waals surface area contributed by atoms with Gasteiger partial charge in [-0.2, -0.15) is 5.10 Å². The van der Waals surface area contributed by atoms with Gasteiger partial charge in [0.15, 0.2) is 0 Å². The third kappa shape index (κ3) is 5.30. The molecule has 0 fully saturated rings. The summed E-state index contributed by atoms with van der Waals surface area (Å²) in [5, 5.41) is 7.51. The molecular formula is C14H26N4O2. The van der Waals surface area contributed by atoms with Crippen LogP contribution in [0.15, 0.2) is 12.4 Å². The molecule has 0 saturated heterocycles. The van der Waals surface area contributed by atoms with Crippen molar-refractivity contribution in [2.45, 2.75) is 32.9 Å². The molecule has 1 atom stereocenters. The van der Waals surface area contributed by atoms with E-state index in [2.05, 4.69) is 22.2 Å². The van der Waals surface area contributed by atoms with Crippen LogP contribution >= 0.6 is 0 Å². The summed E-state index contributed by atoms with van der Waals surface area (Å²) < 4.78 is 6.99. The zero-order valence-electron chi connectivity index (χ0n) is 12.9. The molecule has 0 saturated carbocycles. The number of likely N-dealkylation sites (N-methyl/N-ethyl adjacent to an activating group) is 1. The Hall–Kier alpha value is -1.40. The number of hydrogen-bond acceptors (Lipinski definition) is 5. The number of carbonyl (C=O) groups is 1. The van der Waals surface area contributed by atoms with Crippen molar-refractivity contribution in [1.29, 1.82) is 0 Å². The maximum atomic E-state index is 12.1. The van der Waals surface area contributed by atoms with Gasteiger partial charge in [-0.15, -0.1) is 0 Å². The summed E-state index contributed by atoms with van der Waals surface area (Å²) in [5.41, 5.74) is 0.857. The van der Waals surface area contributed by atoms with E-state index in [0.717, 1.165) is 31.6 Å². The summed E-state index contributed by atoms with van der Waals surface area (Å²) in [6, 6.07) is -0.444. The van der Waals surface area contributed by atoms with Crippen molar-refractivity contribution in [2.75, 3.05) is 33.8 Å². The Balaban J connectivity index is 2.71. The van der Waals surface area contributed by atoms with Gasteiger partial charge in [0.2, 0.25) is 0 Å². The third-order valence-corrected chi connectivity index (χ3v) is 2.87. The van der Waals surface area contributed by atoms with E-state index in [4.69, 9.17) is 4.74 Å². The Kier molecular flexibility index (Phi) is 7.25. The van der Waals surface area contributed by atoms with Crippen molar-refractivity contribution in [3.8, 4) is 0 Å². The molecule has 1 heterocycles. The minimum atomic E-state index is -0.444. The molecule has 1 rings (SSSR count). The summed E-state index contributed by atoms with van der Waals surface area (Å²) in [5.74, 6) is -0.248. The molecule has 0 radical (unpaired) electrons. The molecule has 1 N–H and O–H groups in total. The van der Waals surface area contributed by atoms with Gasteiger partial charge in [0, 0.05) is 31.4 Å². The number of aromatic nitrogens is 2. The lowest BCUT2D eigenvalue weighted by molar-refractivity contribution is -0.145. The van der Waals surface area contributed by atoms with Gasteiger partial charge in [0.25, 0.3) is 0 Å². The van der Waals surface area contributed by atoms with Gasteiger partial charge >= 0.3 is 5.97 Å². The molecule has 0 spiro atoms. The summed E-state index contributed by atoms with van der Waals surface area (Å²) in [7, 11) is 4.00. The highest BCUT2D eigenvalue weighted by Crippen LogP contribution is 2.14. The summed E-state index contributed by atoms with van der Waals surface area (Å²) in [6.07, 6.45) is 4.66. The highest BCUT2D eigenvalue weighted by Gasteiger charge is 2.22. The first kappa shape index (κ1) is 16.7. The monoisotopic (exact) mass is 282 g/mol. The standard InChI is InChI=1S/C14H26N4O2/c1-5-8-18-11-12(10-16-18)13(14(19)20-6-2)15-7-9-17(3)4/h10-11,13,15H,5-9H2,1-4H3. The number of rotatable bonds is 9. The van der Waals surface area contributed by atoms with Crippen LogP contribution in [0.1, 0.15) is 31.9 Å². The van der Waals surface area contributed by atoms with Crippen LogP contribution in [0, 0.1) is 0 Å². The molecule has 0 aromatic carbocycles. The average Bonchev–Trinajstić information content (AvgIpc) is 2.83. The number of hydrogen-bond donors (Lipinski definition) is 1. The fourth-order valence-electron chi connectivity index (χ4n) is 1.88. The van der Waals surface area contributed by atoms with Gasteiger partial charge < -0.3 is 9.64 Å². The summed E-state index contributed by atoms with van der Waals surface area (Å²) in [4.78, 5) is 14.1. The molecule has 0 aliphatic rings. The number of nitrogens with zero attached hydrogens (tertiary/aromatic N) is 3. The quantitative estimate of drug-likeness (QED) is 0.686. The lowest BCUT2D eigenvalue weighted by Crippen LogP contribution is -2.34. The van der Waals surface area contributed by atoms with Gasteiger partial charge in [-0.25, -0.2) is 4.79 Å². The lowest BCUT2D eigenvalue weighted by Gasteiger charge is -2.17. The Morgan fingerprint density at radius 1 is 1.50 bits per heavy atom. The molecule has 1 unspecified atom stereocenters. The minimum Gasteiger partial charge on any atom is -0.465 e. The normalized spacial score (nSPS) is 12.7. The van der Waals surface area contributed by atoms with Crippen LogP contribution in [0.4, 0.5) is 0 Å². The van der Waals surface area contributed by atoms with Crippen LogP contribution in [0.3, 0.4) is 0 Å². The predicted molar refractivity (Wildman–Crippen MR) is 78.4 cm³/mol. The second kappa shape index (κ2) is 8.71. The highest BCUT2D eigenvalue weighted by molar-refractivity contribution is 5.77. The SMILES string of the molecule is CCCn1cc(C(NCCN(C)C)C(=O)OCC)cn1. The first-order chi connectivity index (χ1) is 9.58. The van der Waals surface area contributed by atoms with E-state index >= 15 is 0 Å². The van der Waals surface area contributed by atoms with Gasteiger partial charge in [0.05, 0.1) is 12.8 Å². The van der Waals surface area contributed by atoms with Gasteiger partial charge in [-0.3, -0.25) is 10.00 Å². The topological polar surface area (TPSA) is 59.4 Å². The van der Waals surface area contributed by atoms with E-state index in [1.807, 2.05) is 31.9 Å². The predicted octanol–water partition coefficient (Wildman–Crippen LogP) is 1.05. The van der Waals surface area contributed by atoms with E-state index in [1.54, 1.807) is 6.20 Å². The number of aryl methyl sites for hydroxylation is 1. The maximum Gasteiger partial charge on any atom is 0.327 e. The Bertz CT molecular complexity index is 404. The molecule has 0 amide bonds. The fraction of sp³-hybridized carbons (Fsp3) is 0.714. The molecular weight excluding hydrogens is 256 g/mol. The van der Waals surface area contributed by atoms with E-state index < -0.39 is 6.04 Å². The summed E-state index contributed by atoms with van der Waals surface area (Å²) in [6.45, 7) is 6.73. The zero-order chi connectivity index (χ0) is 15.0. The average molecular weight is 282 g/mol. The van der Waals surface area contributed by atoms with Crippen LogP contribution in [0.25, 0.3) is 0 Å². The van der Waals surface area contributed by atoms with Crippen molar-refractivity contribution in [3.63, 3.8) is 0 Å². The fourth-order valence-corrected chi connectivity index (χ4v) is 1.88. The van der Waals surface area contributed by atoms with Crippen LogP contribution in [0.5, 0.6) is 0 Å². The Morgan fingerprint density at radius 3 is 2.85 bits per heavy atom. The van der Waals surface area contributed by atoms with Crippen molar-refractivity contribution >= 4 is 5.97 Å². The molecule has 1 aromatic rings. The smallest absolute Gasteiger partial charge is 0.327 e. The molecule has 6 nitrogen and oxygen atoms in total. The number of ether oxygens (including phenoxy) is 1. The van der Waals surface area contributed by atoms with Gasteiger partial charge in [0.1, 0.15) is 6.04 Å². The van der Waals surface area contributed by atoms with Crippen LogP contribution in [-0.2, 0) is 16.1 Å². The molecule has 20 heavy (non-hydrogen) atoms. The van der Waals surface area contributed by atoms with Gasteiger partial charge in [-0.1, -0.05) is 6.92 Å². The third-order valence-electron chi connectivity index (χ3n) is 2.87. The van der Waals surface area contributed by atoms with E-state index in [1.165, 1.54) is 0 Å². The number of carbonyl (C=O) groups excluding carboxylic acids is 1. The number of nitrogens with one attached hydrogen (secondary N) is 1. The maximum absolute atomic E-state index is 12.1. The second-order valence-electron chi connectivity index (χ2n) is 4.98. The molecule has 0 aliphatic heterocycles. The van der Waals surface area contributed by atoms with Crippen molar-refractivity contribution < 1.29 is 9.53 Å². The molecule has 0 bridgehead atoms. The van der Waals surface area contributed by atoms with E-state index in [0.29, 0.717) is 6.61 Å². The van der Waals surface area contributed by atoms with Crippen LogP contribution in [0.2, 0.25) is 0 Å². The Morgan fingerprint density at radius 2 is 2.25 bits per heavy atom. The van der Waals surface area contributed by atoms with E-state index in [-0.39, 0.29) is 5.97 Å². The molecule has 114 valence electrons. The van der Waals surface area contributed by atoms with Gasteiger partial charge in [-0.05, 0) is 27.4 Å².